The van der Waals surface area contributed by atoms with Crippen LogP contribution in [0.2, 0.25) is 0 Å². The van der Waals surface area contributed by atoms with Gasteiger partial charge in [-0.15, -0.1) is 0 Å². The third kappa shape index (κ3) is 4.03. The molecule has 2 aromatic heterocycles. The first-order valence-electron chi connectivity index (χ1n) is 11.6. The van der Waals surface area contributed by atoms with Crippen LogP contribution in [0.15, 0.2) is 77.3 Å². The molecule has 2 aromatic carbocycles. The number of oxazole rings is 1. The van der Waals surface area contributed by atoms with Crippen molar-refractivity contribution in [3.8, 4) is 5.75 Å². The molecule has 8 heteroatoms. The highest BCUT2D eigenvalue weighted by Gasteiger charge is 2.29. The van der Waals surface area contributed by atoms with E-state index in [0.717, 1.165) is 24.5 Å². The fourth-order valence-electron chi connectivity index (χ4n) is 4.41. The summed E-state index contributed by atoms with van der Waals surface area (Å²) in [7, 11) is 0. The number of fused-ring (bicyclic) bond motifs is 1. The number of hydrogen-bond acceptors (Lipinski definition) is 7. The number of pyridine rings is 1. The van der Waals surface area contributed by atoms with Gasteiger partial charge in [-0.2, -0.15) is 4.98 Å². The number of anilines is 2. The topological polar surface area (TPSA) is 74.9 Å². The summed E-state index contributed by atoms with van der Waals surface area (Å²) in [6, 6.07) is 22.0. The van der Waals surface area contributed by atoms with Crippen molar-refractivity contribution in [2.24, 2.45) is 0 Å². The number of amides is 1. The Kier molecular flexibility index (Phi) is 5.25. The van der Waals surface area contributed by atoms with E-state index >= 15 is 0 Å². The molecule has 6 rings (SSSR count). The van der Waals surface area contributed by atoms with E-state index < -0.39 is 0 Å². The molecule has 0 atom stereocenters. The Labute approximate surface area is 197 Å². The quantitative estimate of drug-likeness (QED) is 0.456. The molecule has 0 unspecified atom stereocenters. The van der Waals surface area contributed by atoms with Gasteiger partial charge in [0, 0.05) is 43.6 Å². The fraction of sp³-hybridized carbons (Fsp3) is 0.269. The molecule has 2 saturated heterocycles. The maximum atomic E-state index is 13.0. The van der Waals surface area contributed by atoms with Crippen molar-refractivity contribution in [3.63, 3.8) is 0 Å². The van der Waals surface area contributed by atoms with Gasteiger partial charge in [0.1, 0.15) is 11.9 Å². The van der Waals surface area contributed by atoms with Crippen LogP contribution in [0.4, 0.5) is 11.7 Å². The second kappa shape index (κ2) is 8.70. The van der Waals surface area contributed by atoms with Crippen molar-refractivity contribution in [1.82, 2.24) is 14.9 Å². The van der Waals surface area contributed by atoms with Crippen LogP contribution in [0.3, 0.4) is 0 Å². The van der Waals surface area contributed by atoms with Gasteiger partial charge < -0.3 is 23.9 Å². The molecule has 2 aliphatic rings. The molecule has 2 fully saturated rings. The van der Waals surface area contributed by atoms with Crippen molar-refractivity contribution >= 4 is 28.8 Å². The van der Waals surface area contributed by atoms with Crippen LogP contribution in [-0.4, -0.2) is 66.1 Å². The second-order valence-electron chi connectivity index (χ2n) is 8.61. The minimum Gasteiger partial charge on any atom is -0.487 e. The number of benzene rings is 2. The lowest BCUT2D eigenvalue weighted by Gasteiger charge is -2.40. The van der Waals surface area contributed by atoms with Gasteiger partial charge in [-0.05, 0) is 48.5 Å². The van der Waals surface area contributed by atoms with Gasteiger partial charge in [-0.3, -0.25) is 4.79 Å². The molecule has 4 heterocycles. The van der Waals surface area contributed by atoms with E-state index in [-0.39, 0.29) is 12.0 Å². The van der Waals surface area contributed by atoms with Gasteiger partial charge in [0.05, 0.1) is 13.1 Å². The van der Waals surface area contributed by atoms with Crippen LogP contribution in [0.1, 0.15) is 10.4 Å². The van der Waals surface area contributed by atoms with E-state index in [2.05, 4.69) is 19.8 Å². The fourth-order valence-corrected chi connectivity index (χ4v) is 4.41. The van der Waals surface area contributed by atoms with E-state index in [1.807, 2.05) is 71.6 Å². The highest BCUT2D eigenvalue weighted by molar-refractivity contribution is 5.94. The number of hydrogen-bond donors (Lipinski definition) is 0. The molecule has 8 nitrogen and oxygen atoms in total. The third-order valence-electron chi connectivity index (χ3n) is 6.36. The number of nitrogens with zero attached hydrogens (tertiary/aromatic N) is 5. The normalized spacial score (nSPS) is 16.5. The van der Waals surface area contributed by atoms with E-state index in [4.69, 9.17) is 9.15 Å². The Morgan fingerprint density at radius 3 is 2.38 bits per heavy atom. The summed E-state index contributed by atoms with van der Waals surface area (Å²) >= 11 is 0. The average Bonchev–Trinajstić information content (AvgIpc) is 3.31. The molecule has 1 amide bonds. The minimum atomic E-state index is 0.0549. The van der Waals surface area contributed by atoms with Crippen LogP contribution in [0.5, 0.6) is 5.75 Å². The van der Waals surface area contributed by atoms with E-state index in [0.29, 0.717) is 49.0 Å². The van der Waals surface area contributed by atoms with Gasteiger partial charge in [0.15, 0.2) is 5.58 Å². The summed E-state index contributed by atoms with van der Waals surface area (Å²) in [6.45, 7) is 4.28. The van der Waals surface area contributed by atoms with Crippen LogP contribution < -0.4 is 14.5 Å². The summed E-state index contributed by atoms with van der Waals surface area (Å²) in [5.74, 6) is 0.959. The van der Waals surface area contributed by atoms with E-state index in [1.54, 1.807) is 6.20 Å². The standard InChI is InChI=1S/C26H25N5O3/c32-25(29-13-15-30(16-14-29)26-28-24-23(34-26)7-4-12-27-24)19-8-10-20(11-9-19)31-17-22(18-31)33-21-5-2-1-3-6-21/h1-12,22H,13-18H2. The largest absolute Gasteiger partial charge is 0.487 e. The van der Waals surface area contributed by atoms with Crippen LogP contribution in [0, 0.1) is 0 Å². The molecular formula is C26H25N5O3. The van der Waals surface area contributed by atoms with Gasteiger partial charge >= 0.3 is 0 Å². The van der Waals surface area contributed by atoms with Gasteiger partial charge in [-0.25, -0.2) is 4.98 Å². The highest BCUT2D eigenvalue weighted by atomic mass is 16.5. The summed E-state index contributed by atoms with van der Waals surface area (Å²) in [6.07, 6.45) is 1.90. The number of para-hydroxylation sites is 1. The number of carbonyl (C=O) groups excluding carboxylic acids is 1. The molecule has 2 aliphatic heterocycles. The summed E-state index contributed by atoms with van der Waals surface area (Å²) in [5, 5.41) is 0. The number of piperazine rings is 1. The molecule has 0 saturated carbocycles. The average molecular weight is 456 g/mol. The zero-order chi connectivity index (χ0) is 22.9. The SMILES string of the molecule is O=C(c1ccc(N2CC(Oc3ccccc3)C2)cc1)N1CCN(c2nc3ncccc3o2)CC1. The molecule has 172 valence electrons. The summed E-state index contributed by atoms with van der Waals surface area (Å²) < 4.78 is 11.8. The Morgan fingerprint density at radius 1 is 0.882 bits per heavy atom. The lowest BCUT2D eigenvalue weighted by molar-refractivity contribution is 0.0745. The predicted octanol–water partition coefficient (Wildman–Crippen LogP) is 3.45. The van der Waals surface area contributed by atoms with Crippen molar-refractivity contribution in [2.75, 3.05) is 49.1 Å². The smallest absolute Gasteiger partial charge is 0.300 e. The van der Waals surface area contributed by atoms with Crippen molar-refractivity contribution < 1.29 is 13.9 Å². The molecular weight excluding hydrogens is 430 g/mol. The van der Waals surface area contributed by atoms with Crippen LogP contribution in [-0.2, 0) is 0 Å². The van der Waals surface area contributed by atoms with Crippen molar-refractivity contribution in [3.05, 3.63) is 78.5 Å². The maximum absolute atomic E-state index is 13.0. The second-order valence-corrected chi connectivity index (χ2v) is 8.61. The summed E-state index contributed by atoms with van der Waals surface area (Å²) in [5.41, 5.74) is 3.10. The van der Waals surface area contributed by atoms with Gasteiger partial charge in [0.25, 0.3) is 11.9 Å². The molecule has 0 spiro atoms. The Balaban J connectivity index is 1.02. The first kappa shape index (κ1) is 20.5. The monoisotopic (exact) mass is 455 g/mol. The lowest BCUT2D eigenvalue weighted by atomic mass is 10.1. The predicted molar refractivity (Wildman–Crippen MR) is 129 cm³/mol. The van der Waals surface area contributed by atoms with Crippen molar-refractivity contribution in [1.29, 1.82) is 0 Å². The van der Waals surface area contributed by atoms with Crippen LogP contribution in [0.25, 0.3) is 11.2 Å². The molecule has 34 heavy (non-hydrogen) atoms. The minimum absolute atomic E-state index is 0.0549. The number of carbonyl (C=O) groups is 1. The number of ether oxygens (including phenoxy) is 1. The first-order valence-corrected chi connectivity index (χ1v) is 11.6. The highest BCUT2D eigenvalue weighted by Crippen LogP contribution is 2.25. The Bertz CT molecular complexity index is 1240. The molecule has 0 bridgehead atoms. The molecule has 0 N–H and O–H groups in total. The molecule has 0 radical (unpaired) electrons. The summed E-state index contributed by atoms with van der Waals surface area (Å²) in [4.78, 5) is 27.9. The van der Waals surface area contributed by atoms with E-state index in [9.17, 15) is 4.79 Å². The first-order chi connectivity index (χ1) is 16.7. The number of aromatic nitrogens is 2. The van der Waals surface area contributed by atoms with Crippen LogP contribution >= 0.6 is 0 Å². The Morgan fingerprint density at radius 2 is 1.65 bits per heavy atom. The molecule has 4 aromatic rings. The number of rotatable bonds is 5. The Hall–Kier alpha value is -4.07. The van der Waals surface area contributed by atoms with Gasteiger partial charge in [-0.1, -0.05) is 18.2 Å². The lowest BCUT2D eigenvalue weighted by Crippen LogP contribution is -2.54. The third-order valence-corrected chi connectivity index (χ3v) is 6.36. The zero-order valence-electron chi connectivity index (χ0n) is 18.7. The zero-order valence-corrected chi connectivity index (χ0v) is 18.7. The molecule has 0 aliphatic carbocycles. The van der Waals surface area contributed by atoms with Crippen molar-refractivity contribution in [2.45, 2.75) is 6.10 Å². The maximum Gasteiger partial charge on any atom is 0.300 e. The van der Waals surface area contributed by atoms with Gasteiger partial charge in [0.2, 0.25) is 5.65 Å². The van der Waals surface area contributed by atoms with E-state index in [1.165, 1.54) is 0 Å².